The fourth-order valence-corrected chi connectivity index (χ4v) is 4.56. The number of rotatable bonds is 7. The van der Waals surface area contributed by atoms with Crippen LogP contribution in [-0.2, 0) is 16.0 Å². The molecule has 0 aromatic heterocycles. The van der Waals surface area contributed by atoms with E-state index in [-0.39, 0.29) is 24.2 Å². The number of para-hydroxylation sites is 2. The van der Waals surface area contributed by atoms with Crippen LogP contribution >= 0.6 is 0 Å². The maximum Gasteiger partial charge on any atom is 0.306 e. The molecule has 5 nitrogen and oxygen atoms in total. The summed E-state index contributed by atoms with van der Waals surface area (Å²) in [5, 5.41) is 2.82. The first-order valence-corrected chi connectivity index (χ1v) is 11.7. The van der Waals surface area contributed by atoms with Gasteiger partial charge in [0.25, 0.3) is 5.91 Å². The Morgan fingerprint density at radius 3 is 2.03 bits per heavy atom. The lowest BCUT2D eigenvalue weighted by atomic mass is 9.98. The number of amides is 1. The minimum absolute atomic E-state index is 0.0581. The number of hydrogen-bond donors (Lipinski definition) is 2. The topological polar surface area (TPSA) is 81.4 Å². The second-order valence-electron chi connectivity index (χ2n) is 8.65. The highest BCUT2D eigenvalue weighted by Crippen LogP contribution is 2.44. The van der Waals surface area contributed by atoms with E-state index in [1.165, 1.54) is 22.3 Å². The second kappa shape index (κ2) is 9.85. The predicted molar refractivity (Wildman–Crippen MR) is 138 cm³/mol. The summed E-state index contributed by atoms with van der Waals surface area (Å²) in [6.45, 7) is 0.328. The molecule has 0 unspecified atom stereocenters. The van der Waals surface area contributed by atoms with Crippen molar-refractivity contribution in [3.8, 4) is 11.1 Å². The minimum atomic E-state index is -0.231. The van der Waals surface area contributed by atoms with Gasteiger partial charge in [0.2, 0.25) is 0 Å². The van der Waals surface area contributed by atoms with E-state index in [1.54, 1.807) is 24.3 Å². The van der Waals surface area contributed by atoms with Gasteiger partial charge in [0.05, 0.1) is 11.4 Å². The molecule has 0 atom stereocenters. The van der Waals surface area contributed by atoms with Crippen molar-refractivity contribution < 1.29 is 14.3 Å². The average Bonchev–Trinajstić information content (AvgIpc) is 3.21. The normalized spacial score (nSPS) is 12.0. The number of fused-ring (bicyclic) bond motifs is 3. The Morgan fingerprint density at radius 1 is 0.771 bits per heavy atom. The number of carbonyl (C=O) groups is 2. The van der Waals surface area contributed by atoms with E-state index in [9.17, 15) is 9.59 Å². The molecule has 0 saturated carbocycles. The van der Waals surface area contributed by atoms with E-state index in [4.69, 9.17) is 10.5 Å². The summed E-state index contributed by atoms with van der Waals surface area (Å²) in [6, 6.07) is 30.9. The molecule has 35 heavy (non-hydrogen) atoms. The van der Waals surface area contributed by atoms with Crippen LogP contribution in [0.25, 0.3) is 11.1 Å². The fourth-order valence-electron chi connectivity index (χ4n) is 4.56. The number of nitrogens with one attached hydrogen (secondary N) is 1. The fraction of sp³-hybridized carbons (Fsp3) is 0.133. The molecular formula is C30H26N2O3. The maximum absolute atomic E-state index is 12.5. The monoisotopic (exact) mass is 462 g/mol. The number of nitrogens with two attached hydrogens (primary N) is 1. The van der Waals surface area contributed by atoms with Crippen LogP contribution in [0.1, 0.15) is 39.4 Å². The summed E-state index contributed by atoms with van der Waals surface area (Å²) in [5.74, 6) is -0.401. The van der Waals surface area contributed by atoms with Gasteiger partial charge in [-0.2, -0.15) is 0 Å². The molecule has 5 heteroatoms. The van der Waals surface area contributed by atoms with Crippen molar-refractivity contribution in [2.75, 3.05) is 17.7 Å². The number of anilines is 2. The first-order chi connectivity index (χ1) is 17.1. The Labute approximate surface area is 204 Å². The lowest BCUT2D eigenvalue weighted by molar-refractivity contribution is -0.143. The van der Waals surface area contributed by atoms with Crippen LogP contribution in [0.15, 0.2) is 97.1 Å². The van der Waals surface area contributed by atoms with E-state index < -0.39 is 0 Å². The van der Waals surface area contributed by atoms with Crippen LogP contribution in [0.3, 0.4) is 0 Å². The first-order valence-electron chi connectivity index (χ1n) is 11.7. The molecule has 174 valence electrons. The molecule has 4 aromatic rings. The highest BCUT2D eigenvalue weighted by molar-refractivity contribution is 6.05. The van der Waals surface area contributed by atoms with Crippen LogP contribution in [-0.4, -0.2) is 18.5 Å². The summed E-state index contributed by atoms with van der Waals surface area (Å²) in [7, 11) is 0. The van der Waals surface area contributed by atoms with Crippen molar-refractivity contribution in [3.63, 3.8) is 0 Å². The minimum Gasteiger partial charge on any atom is -0.465 e. The van der Waals surface area contributed by atoms with Crippen LogP contribution in [0.2, 0.25) is 0 Å². The molecule has 0 saturated heterocycles. The highest BCUT2D eigenvalue weighted by atomic mass is 16.5. The van der Waals surface area contributed by atoms with Gasteiger partial charge in [0, 0.05) is 17.9 Å². The number of aryl methyl sites for hydroxylation is 1. The molecule has 1 aliphatic carbocycles. The zero-order valence-electron chi connectivity index (χ0n) is 19.2. The van der Waals surface area contributed by atoms with Crippen molar-refractivity contribution in [3.05, 3.63) is 119 Å². The molecule has 1 amide bonds. The van der Waals surface area contributed by atoms with Gasteiger partial charge in [0.1, 0.15) is 6.61 Å². The zero-order valence-corrected chi connectivity index (χ0v) is 19.2. The largest absolute Gasteiger partial charge is 0.465 e. The van der Waals surface area contributed by atoms with Gasteiger partial charge in [0.15, 0.2) is 0 Å². The molecule has 0 spiro atoms. The van der Waals surface area contributed by atoms with E-state index in [0.717, 1.165) is 5.56 Å². The lowest BCUT2D eigenvalue weighted by Gasteiger charge is -2.14. The zero-order chi connectivity index (χ0) is 24.2. The van der Waals surface area contributed by atoms with E-state index >= 15 is 0 Å². The molecule has 0 fully saturated rings. The molecule has 0 heterocycles. The quantitative estimate of drug-likeness (QED) is 0.268. The Hall–Kier alpha value is -4.38. The number of carbonyl (C=O) groups excluding carboxylic acids is 2. The Morgan fingerprint density at radius 2 is 1.37 bits per heavy atom. The predicted octanol–water partition coefficient (Wildman–Crippen LogP) is 5.81. The Kier molecular flexibility index (Phi) is 6.31. The number of hydrogen-bond acceptors (Lipinski definition) is 4. The van der Waals surface area contributed by atoms with E-state index in [2.05, 4.69) is 29.6 Å². The Bertz CT molecular complexity index is 1330. The van der Waals surface area contributed by atoms with Crippen molar-refractivity contribution in [2.24, 2.45) is 0 Å². The third-order valence-corrected chi connectivity index (χ3v) is 6.42. The summed E-state index contributed by atoms with van der Waals surface area (Å²) in [5.41, 5.74) is 13.3. The average molecular weight is 463 g/mol. The summed E-state index contributed by atoms with van der Waals surface area (Å²) in [4.78, 5) is 25.0. The van der Waals surface area contributed by atoms with Crippen LogP contribution in [0, 0.1) is 0 Å². The number of nitrogen functional groups attached to an aromatic ring is 1. The smallest absolute Gasteiger partial charge is 0.306 e. The third-order valence-electron chi connectivity index (χ3n) is 6.42. The molecular weight excluding hydrogens is 436 g/mol. The van der Waals surface area contributed by atoms with Crippen LogP contribution in [0.4, 0.5) is 11.4 Å². The molecule has 1 aliphatic rings. The molecule has 3 N–H and O–H groups in total. The lowest BCUT2D eigenvalue weighted by Crippen LogP contribution is -2.14. The standard InChI is InChI=1S/C30H26N2O3/c31-27-11-5-6-12-28(27)32-30(34)21-16-13-20(14-17-21)15-18-29(33)35-19-26-24-9-3-1-7-22(24)23-8-2-4-10-25(23)26/h1-14,16-17,26H,15,18-19,31H2,(H,32,34). The van der Waals surface area contributed by atoms with Gasteiger partial charge in [-0.1, -0.05) is 72.8 Å². The van der Waals surface area contributed by atoms with Crippen molar-refractivity contribution in [2.45, 2.75) is 18.8 Å². The molecule has 0 bridgehead atoms. The van der Waals surface area contributed by atoms with Gasteiger partial charge in [-0.05, 0) is 58.5 Å². The van der Waals surface area contributed by atoms with Crippen molar-refractivity contribution >= 4 is 23.3 Å². The van der Waals surface area contributed by atoms with Crippen molar-refractivity contribution in [1.29, 1.82) is 0 Å². The summed E-state index contributed by atoms with van der Waals surface area (Å²) in [6.07, 6.45) is 0.826. The second-order valence-corrected chi connectivity index (χ2v) is 8.65. The number of benzene rings is 4. The molecule has 5 rings (SSSR count). The highest BCUT2D eigenvalue weighted by Gasteiger charge is 2.28. The maximum atomic E-state index is 12.5. The first kappa shape index (κ1) is 22.4. The van der Waals surface area contributed by atoms with Gasteiger partial charge in [-0.25, -0.2) is 0 Å². The van der Waals surface area contributed by atoms with Gasteiger partial charge in [-0.3, -0.25) is 9.59 Å². The molecule has 0 aliphatic heterocycles. The third kappa shape index (κ3) is 4.80. The molecule has 0 radical (unpaired) electrons. The summed E-state index contributed by atoms with van der Waals surface area (Å²) < 4.78 is 5.69. The van der Waals surface area contributed by atoms with Crippen LogP contribution in [0.5, 0.6) is 0 Å². The molecule has 4 aromatic carbocycles. The van der Waals surface area contributed by atoms with E-state index in [1.807, 2.05) is 48.5 Å². The SMILES string of the molecule is Nc1ccccc1NC(=O)c1ccc(CCC(=O)OCC2c3ccccc3-c3ccccc32)cc1. The van der Waals surface area contributed by atoms with Gasteiger partial charge in [-0.15, -0.1) is 0 Å². The Balaban J connectivity index is 1.15. The number of esters is 1. The number of ether oxygens (including phenoxy) is 1. The van der Waals surface area contributed by atoms with E-state index in [0.29, 0.717) is 30.0 Å². The van der Waals surface area contributed by atoms with Crippen molar-refractivity contribution in [1.82, 2.24) is 0 Å². The van der Waals surface area contributed by atoms with Crippen LogP contribution < -0.4 is 11.1 Å². The van der Waals surface area contributed by atoms with Gasteiger partial charge >= 0.3 is 5.97 Å². The summed E-state index contributed by atoms with van der Waals surface area (Å²) >= 11 is 0. The van der Waals surface area contributed by atoms with Gasteiger partial charge < -0.3 is 15.8 Å².